The molecule has 184 valence electrons. The summed E-state index contributed by atoms with van der Waals surface area (Å²) in [6.07, 6.45) is 4.16. The lowest BCUT2D eigenvalue weighted by Crippen LogP contribution is -2.33. The third-order valence-electron chi connectivity index (χ3n) is 5.48. The first-order valence-electron chi connectivity index (χ1n) is 11.7. The number of hydrogen-bond donors (Lipinski definition) is 0. The molecule has 0 N–H and O–H groups in total. The largest absolute Gasteiger partial charge is 0.495 e. The number of nitrogens with zero attached hydrogens (tertiary/aromatic N) is 3. The van der Waals surface area contributed by atoms with E-state index in [1.165, 1.54) is 11.3 Å². The number of aromatic nitrogens is 1. The fraction of sp³-hybridized carbons (Fsp3) is 0.462. The first kappa shape index (κ1) is 25.8. The normalized spacial score (nSPS) is 11.1. The lowest BCUT2D eigenvalue weighted by Gasteiger charge is -2.21. The summed E-state index contributed by atoms with van der Waals surface area (Å²) in [5.74, 6) is 2.06. The molecular weight excluding hydrogens is 450 g/mol. The Morgan fingerprint density at radius 2 is 1.65 bits per heavy atom. The minimum absolute atomic E-state index is 0.0896. The molecule has 0 aliphatic rings. The van der Waals surface area contributed by atoms with Crippen LogP contribution in [0.3, 0.4) is 0 Å². The lowest BCUT2D eigenvalue weighted by atomic mass is 10.2. The molecule has 1 heterocycles. The predicted octanol–water partition coefficient (Wildman–Crippen LogP) is 5.48. The van der Waals surface area contributed by atoms with Crippen LogP contribution in [0.4, 0.5) is 5.13 Å². The second-order valence-electron chi connectivity index (χ2n) is 8.34. The fourth-order valence-corrected chi connectivity index (χ4v) is 4.71. The third-order valence-corrected chi connectivity index (χ3v) is 6.57. The minimum Gasteiger partial charge on any atom is -0.495 e. The monoisotopic (exact) mass is 485 g/mol. The molecule has 0 saturated heterocycles. The van der Waals surface area contributed by atoms with E-state index >= 15 is 0 Å². The van der Waals surface area contributed by atoms with Gasteiger partial charge in [-0.3, -0.25) is 9.69 Å². The summed E-state index contributed by atoms with van der Waals surface area (Å²) in [4.78, 5) is 22.2. The van der Waals surface area contributed by atoms with E-state index in [2.05, 4.69) is 11.8 Å². The van der Waals surface area contributed by atoms with Crippen molar-refractivity contribution in [2.45, 2.75) is 32.6 Å². The van der Waals surface area contributed by atoms with E-state index in [0.29, 0.717) is 40.9 Å². The van der Waals surface area contributed by atoms with Gasteiger partial charge in [-0.2, -0.15) is 0 Å². The molecule has 0 saturated carbocycles. The van der Waals surface area contributed by atoms with Crippen LogP contribution in [0.5, 0.6) is 17.2 Å². The van der Waals surface area contributed by atoms with Crippen LogP contribution < -0.4 is 19.1 Å². The van der Waals surface area contributed by atoms with Gasteiger partial charge in [0.1, 0.15) is 27.5 Å². The van der Waals surface area contributed by atoms with E-state index in [1.54, 1.807) is 19.1 Å². The Hall–Kier alpha value is -2.84. The van der Waals surface area contributed by atoms with Crippen molar-refractivity contribution in [3.63, 3.8) is 0 Å². The maximum absolute atomic E-state index is 13.6. The van der Waals surface area contributed by atoms with Crippen LogP contribution in [0.25, 0.3) is 10.2 Å². The summed E-state index contributed by atoms with van der Waals surface area (Å²) in [5.41, 5.74) is 1.30. The van der Waals surface area contributed by atoms with Crippen LogP contribution in [0.2, 0.25) is 0 Å². The van der Waals surface area contributed by atoms with E-state index in [4.69, 9.17) is 19.2 Å². The van der Waals surface area contributed by atoms with Crippen molar-refractivity contribution >= 4 is 32.6 Å². The molecule has 0 spiro atoms. The van der Waals surface area contributed by atoms with Crippen LogP contribution >= 0.6 is 11.3 Å². The molecule has 3 rings (SSSR count). The number of carbonyl (C=O) groups is 1. The van der Waals surface area contributed by atoms with Crippen molar-refractivity contribution in [2.24, 2.45) is 0 Å². The number of fused-ring (bicyclic) bond motifs is 1. The Bertz CT molecular complexity index is 1020. The molecule has 0 aliphatic carbocycles. The van der Waals surface area contributed by atoms with Crippen molar-refractivity contribution in [3.05, 3.63) is 42.0 Å². The zero-order chi connectivity index (χ0) is 24.5. The van der Waals surface area contributed by atoms with Crippen molar-refractivity contribution < 1.29 is 19.0 Å². The van der Waals surface area contributed by atoms with Crippen molar-refractivity contribution in [1.82, 2.24) is 9.88 Å². The molecule has 0 unspecified atom stereocenters. The molecule has 1 aromatic heterocycles. The predicted molar refractivity (Wildman–Crippen MR) is 139 cm³/mol. The molecule has 0 bridgehead atoms. The molecule has 0 atom stereocenters. The summed E-state index contributed by atoms with van der Waals surface area (Å²) < 4.78 is 17.7. The average Bonchev–Trinajstić information content (AvgIpc) is 3.29. The minimum atomic E-state index is -0.0896. The standard InChI is InChI=1S/C26H35N3O4S/c1-6-7-8-18-33-20-12-10-19(11-13-20)25(30)29(17-9-16-28(2)3)26-27-23-21(31-4)14-15-22(32-5)24(23)34-26/h10-15H,6-9,16-18H2,1-5H3. The zero-order valence-electron chi connectivity index (χ0n) is 20.8. The van der Waals surface area contributed by atoms with E-state index in [-0.39, 0.29) is 5.91 Å². The molecule has 0 aliphatic heterocycles. The highest BCUT2D eigenvalue weighted by molar-refractivity contribution is 7.22. The van der Waals surface area contributed by atoms with Crippen LogP contribution in [0, 0.1) is 0 Å². The van der Waals surface area contributed by atoms with E-state index in [9.17, 15) is 4.79 Å². The van der Waals surface area contributed by atoms with Crippen LogP contribution in [0.15, 0.2) is 36.4 Å². The smallest absolute Gasteiger partial charge is 0.260 e. The number of thiazole rings is 1. The van der Waals surface area contributed by atoms with Gasteiger partial charge in [0.2, 0.25) is 0 Å². The molecule has 2 aromatic carbocycles. The Labute approximate surface area is 206 Å². The lowest BCUT2D eigenvalue weighted by molar-refractivity contribution is 0.0986. The van der Waals surface area contributed by atoms with Crippen molar-refractivity contribution in [1.29, 1.82) is 0 Å². The van der Waals surface area contributed by atoms with E-state index in [0.717, 1.165) is 42.7 Å². The van der Waals surface area contributed by atoms with Gasteiger partial charge in [0.15, 0.2) is 5.13 Å². The number of methoxy groups -OCH3 is 2. The van der Waals surface area contributed by atoms with Crippen molar-refractivity contribution in [2.75, 3.05) is 52.9 Å². The summed E-state index contributed by atoms with van der Waals surface area (Å²) in [5, 5.41) is 0.626. The van der Waals surface area contributed by atoms with Gasteiger partial charge in [0.05, 0.1) is 20.8 Å². The highest BCUT2D eigenvalue weighted by atomic mass is 32.1. The van der Waals surface area contributed by atoms with Gasteiger partial charge in [-0.1, -0.05) is 31.1 Å². The number of hydrogen-bond acceptors (Lipinski definition) is 7. The number of amides is 1. The topological polar surface area (TPSA) is 64.1 Å². The molecule has 0 fully saturated rings. The number of ether oxygens (including phenoxy) is 3. The first-order chi connectivity index (χ1) is 16.5. The summed E-state index contributed by atoms with van der Waals surface area (Å²) >= 11 is 1.44. The van der Waals surface area contributed by atoms with Crippen LogP contribution in [0.1, 0.15) is 43.0 Å². The molecule has 7 nitrogen and oxygen atoms in total. The Kier molecular flexibility index (Phi) is 9.53. The highest BCUT2D eigenvalue weighted by Gasteiger charge is 2.23. The summed E-state index contributed by atoms with van der Waals surface area (Å²) in [6, 6.07) is 11.1. The molecule has 1 amide bonds. The number of unbranched alkanes of at least 4 members (excludes halogenated alkanes) is 2. The molecule has 8 heteroatoms. The highest BCUT2D eigenvalue weighted by Crippen LogP contribution is 2.40. The SMILES string of the molecule is CCCCCOc1ccc(C(=O)N(CCCN(C)C)c2nc3c(OC)ccc(OC)c3s2)cc1. The summed E-state index contributed by atoms with van der Waals surface area (Å²) in [7, 11) is 7.30. The van der Waals surface area contributed by atoms with Gasteiger partial charge in [-0.15, -0.1) is 0 Å². The third kappa shape index (κ3) is 6.39. The van der Waals surface area contributed by atoms with Gasteiger partial charge in [0, 0.05) is 12.1 Å². The molecule has 0 radical (unpaired) electrons. The van der Waals surface area contributed by atoms with Crippen LogP contribution in [-0.4, -0.2) is 63.8 Å². The molecule has 34 heavy (non-hydrogen) atoms. The van der Waals surface area contributed by atoms with Crippen LogP contribution in [-0.2, 0) is 0 Å². The molecule has 3 aromatic rings. The van der Waals surface area contributed by atoms with Crippen molar-refractivity contribution in [3.8, 4) is 17.2 Å². The van der Waals surface area contributed by atoms with Gasteiger partial charge >= 0.3 is 0 Å². The fourth-order valence-electron chi connectivity index (χ4n) is 3.61. The number of benzene rings is 2. The second kappa shape index (κ2) is 12.6. The quantitative estimate of drug-likeness (QED) is 0.299. The first-order valence-corrected chi connectivity index (χ1v) is 12.5. The Morgan fingerprint density at radius 3 is 2.29 bits per heavy atom. The van der Waals surface area contributed by atoms with E-state index in [1.807, 2.05) is 50.5 Å². The molecular formula is C26H35N3O4S. The second-order valence-corrected chi connectivity index (χ2v) is 9.32. The zero-order valence-corrected chi connectivity index (χ0v) is 21.6. The van der Waals surface area contributed by atoms with Gasteiger partial charge in [-0.25, -0.2) is 4.98 Å². The average molecular weight is 486 g/mol. The van der Waals surface area contributed by atoms with Gasteiger partial charge in [-0.05, 0) is 69.9 Å². The van der Waals surface area contributed by atoms with E-state index < -0.39 is 0 Å². The number of carbonyl (C=O) groups excluding carboxylic acids is 1. The van der Waals surface area contributed by atoms with Gasteiger partial charge in [0.25, 0.3) is 5.91 Å². The number of rotatable bonds is 13. The maximum atomic E-state index is 13.6. The summed E-state index contributed by atoms with van der Waals surface area (Å²) in [6.45, 7) is 4.28. The van der Waals surface area contributed by atoms with Gasteiger partial charge < -0.3 is 19.1 Å². The Morgan fingerprint density at radius 1 is 0.941 bits per heavy atom. The number of anilines is 1. The maximum Gasteiger partial charge on any atom is 0.260 e. The Balaban J connectivity index is 1.88.